The van der Waals surface area contributed by atoms with Crippen LogP contribution in [0.2, 0.25) is 0 Å². The Bertz CT molecular complexity index is 726. The molecule has 0 bridgehead atoms. The number of hydrogen-bond acceptors (Lipinski definition) is 5. The Kier molecular flexibility index (Phi) is 7.25. The number of likely N-dealkylation sites (tertiary alicyclic amines) is 1. The van der Waals surface area contributed by atoms with Crippen LogP contribution in [0.4, 0.5) is 0 Å². The molecule has 1 aromatic carbocycles. The van der Waals surface area contributed by atoms with Crippen LogP contribution >= 0.6 is 0 Å². The number of piperidine rings is 1. The lowest BCUT2D eigenvalue weighted by Crippen LogP contribution is -2.53. The highest BCUT2D eigenvalue weighted by Crippen LogP contribution is 2.17. The molecule has 0 spiro atoms. The number of rotatable bonds is 6. The monoisotopic (exact) mass is 401 g/mol. The maximum atomic E-state index is 12.6. The molecule has 3 rings (SSSR count). The summed E-state index contributed by atoms with van der Waals surface area (Å²) in [6.45, 7) is 7.53. The van der Waals surface area contributed by atoms with Crippen LogP contribution in [0.15, 0.2) is 24.3 Å². The Balaban J connectivity index is 1.40. The number of benzene rings is 1. The topological polar surface area (TPSA) is 70.2 Å². The highest BCUT2D eigenvalue weighted by molar-refractivity contribution is 5.94. The van der Waals surface area contributed by atoms with E-state index in [4.69, 9.17) is 4.74 Å². The summed E-state index contributed by atoms with van der Waals surface area (Å²) in [7, 11) is 0. The van der Waals surface area contributed by atoms with Gasteiger partial charge in [0.15, 0.2) is 12.4 Å². The minimum atomic E-state index is -0.0590. The SMILES string of the molecule is CC(=O)c1ccc(OCC(=O)N2CCN(CC(=O)N3CCCCC3C)CC2)cc1. The number of piperazine rings is 1. The fourth-order valence-corrected chi connectivity index (χ4v) is 3.93. The van der Waals surface area contributed by atoms with Crippen LogP contribution in [-0.2, 0) is 9.59 Å². The fourth-order valence-electron chi connectivity index (χ4n) is 3.93. The second-order valence-corrected chi connectivity index (χ2v) is 7.96. The third kappa shape index (κ3) is 5.79. The quantitative estimate of drug-likeness (QED) is 0.680. The zero-order valence-electron chi connectivity index (χ0n) is 17.4. The van der Waals surface area contributed by atoms with Crippen molar-refractivity contribution >= 4 is 17.6 Å². The van der Waals surface area contributed by atoms with Crippen LogP contribution in [0.1, 0.15) is 43.5 Å². The van der Waals surface area contributed by atoms with Crippen LogP contribution in [0.25, 0.3) is 0 Å². The lowest BCUT2D eigenvalue weighted by Gasteiger charge is -2.38. The Labute approximate surface area is 172 Å². The third-order valence-electron chi connectivity index (χ3n) is 5.83. The molecule has 7 nitrogen and oxygen atoms in total. The van der Waals surface area contributed by atoms with Crippen LogP contribution < -0.4 is 4.74 Å². The molecule has 2 aliphatic heterocycles. The molecule has 2 aliphatic rings. The number of ketones is 1. The molecule has 2 fully saturated rings. The van der Waals surface area contributed by atoms with Crippen LogP contribution in [0.3, 0.4) is 0 Å². The highest BCUT2D eigenvalue weighted by atomic mass is 16.5. The van der Waals surface area contributed by atoms with Crippen LogP contribution in [-0.4, -0.2) is 84.2 Å². The van der Waals surface area contributed by atoms with Gasteiger partial charge >= 0.3 is 0 Å². The van der Waals surface area contributed by atoms with Crippen molar-refractivity contribution < 1.29 is 19.1 Å². The van der Waals surface area contributed by atoms with E-state index in [1.807, 2.05) is 4.90 Å². The average Bonchev–Trinajstić information content (AvgIpc) is 2.73. The molecule has 1 unspecified atom stereocenters. The average molecular weight is 402 g/mol. The van der Waals surface area contributed by atoms with Crippen molar-refractivity contribution in [2.75, 3.05) is 45.9 Å². The Hall–Kier alpha value is -2.41. The van der Waals surface area contributed by atoms with Crippen molar-refractivity contribution in [3.63, 3.8) is 0 Å². The van der Waals surface area contributed by atoms with E-state index in [-0.39, 0.29) is 24.2 Å². The van der Waals surface area contributed by atoms with E-state index in [0.717, 1.165) is 19.4 Å². The van der Waals surface area contributed by atoms with Gasteiger partial charge in [-0.15, -0.1) is 0 Å². The van der Waals surface area contributed by atoms with Crippen molar-refractivity contribution in [2.45, 2.75) is 39.2 Å². The van der Waals surface area contributed by atoms with Crippen LogP contribution in [0, 0.1) is 0 Å². The molecule has 7 heteroatoms. The zero-order chi connectivity index (χ0) is 20.8. The number of amides is 2. The lowest BCUT2D eigenvalue weighted by atomic mass is 10.0. The standard InChI is InChI=1S/C22H31N3O4/c1-17-5-3-4-10-25(17)21(27)15-23-11-13-24(14-12-23)22(28)16-29-20-8-6-19(7-9-20)18(2)26/h6-9,17H,3-5,10-16H2,1-2H3. The fraction of sp³-hybridized carbons (Fsp3) is 0.591. The maximum absolute atomic E-state index is 12.6. The van der Waals surface area contributed by atoms with Gasteiger partial charge in [-0.2, -0.15) is 0 Å². The maximum Gasteiger partial charge on any atom is 0.260 e. The van der Waals surface area contributed by atoms with E-state index in [9.17, 15) is 14.4 Å². The number of carbonyl (C=O) groups is 3. The first-order valence-corrected chi connectivity index (χ1v) is 10.5. The van der Waals surface area contributed by atoms with E-state index in [0.29, 0.717) is 50.1 Å². The molecule has 158 valence electrons. The van der Waals surface area contributed by atoms with Gasteiger partial charge in [0, 0.05) is 44.3 Å². The van der Waals surface area contributed by atoms with Gasteiger partial charge in [0.05, 0.1) is 6.54 Å². The normalized spacial score (nSPS) is 20.4. The van der Waals surface area contributed by atoms with Crippen molar-refractivity contribution in [1.82, 2.24) is 14.7 Å². The van der Waals surface area contributed by atoms with Crippen LogP contribution in [0.5, 0.6) is 5.75 Å². The van der Waals surface area contributed by atoms with E-state index >= 15 is 0 Å². The summed E-state index contributed by atoms with van der Waals surface area (Å²) >= 11 is 0. The molecule has 0 radical (unpaired) electrons. The summed E-state index contributed by atoms with van der Waals surface area (Å²) < 4.78 is 5.56. The van der Waals surface area contributed by atoms with Gasteiger partial charge in [0.25, 0.3) is 5.91 Å². The number of ether oxygens (including phenoxy) is 1. The molecule has 29 heavy (non-hydrogen) atoms. The molecule has 0 aliphatic carbocycles. The molecular weight excluding hydrogens is 370 g/mol. The highest BCUT2D eigenvalue weighted by Gasteiger charge is 2.27. The largest absolute Gasteiger partial charge is 0.484 e. The summed E-state index contributed by atoms with van der Waals surface area (Å²) in [4.78, 5) is 42.2. The molecule has 2 amide bonds. The first-order valence-electron chi connectivity index (χ1n) is 10.5. The number of hydrogen-bond donors (Lipinski definition) is 0. The number of Topliss-reactive ketones (excluding diaryl/α,β-unsaturated/α-hetero) is 1. The molecule has 2 heterocycles. The van der Waals surface area contributed by atoms with Gasteiger partial charge in [0.1, 0.15) is 5.75 Å². The molecular formula is C22H31N3O4. The van der Waals surface area contributed by atoms with Crippen molar-refractivity contribution in [3.8, 4) is 5.75 Å². The van der Waals surface area contributed by atoms with E-state index in [2.05, 4.69) is 11.8 Å². The zero-order valence-corrected chi connectivity index (χ0v) is 17.4. The van der Waals surface area contributed by atoms with Gasteiger partial charge in [0.2, 0.25) is 5.91 Å². The van der Waals surface area contributed by atoms with E-state index in [1.54, 1.807) is 29.2 Å². The summed E-state index contributed by atoms with van der Waals surface area (Å²) in [5.41, 5.74) is 0.619. The van der Waals surface area contributed by atoms with E-state index in [1.165, 1.54) is 13.3 Å². The molecule has 1 atom stereocenters. The molecule has 0 N–H and O–H groups in total. The first-order chi connectivity index (χ1) is 13.9. The number of carbonyl (C=O) groups excluding carboxylic acids is 3. The predicted octanol–water partition coefficient (Wildman–Crippen LogP) is 1.81. The second kappa shape index (κ2) is 9.87. The summed E-state index contributed by atoms with van der Waals surface area (Å²) in [6, 6.07) is 7.13. The van der Waals surface area contributed by atoms with Gasteiger partial charge in [-0.1, -0.05) is 0 Å². The minimum Gasteiger partial charge on any atom is -0.484 e. The Morgan fingerprint density at radius 1 is 0.966 bits per heavy atom. The summed E-state index contributed by atoms with van der Waals surface area (Å²) in [6.07, 6.45) is 3.38. The van der Waals surface area contributed by atoms with Crippen molar-refractivity contribution in [2.24, 2.45) is 0 Å². The van der Waals surface area contributed by atoms with Crippen molar-refractivity contribution in [1.29, 1.82) is 0 Å². The number of nitrogens with zero attached hydrogens (tertiary/aromatic N) is 3. The van der Waals surface area contributed by atoms with Gasteiger partial charge < -0.3 is 14.5 Å². The molecule has 0 saturated carbocycles. The summed E-state index contributed by atoms with van der Waals surface area (Å²) in [5.74, 6) is 0.715. The second-order valence-electron chi connectivity index (χ2n) is 7.96. The smallest absolute Gasteiger partial charge is 0.260 e. The van der Waals surface area contributed by atoms with Gasteiger partial charge in [-0.3, -0.25) is 19.3 Å². The summed E-state index contributed by atoms with van der Waals surface area (Å²) in [5, 5.41) is 0. The Morgan fingerprint density at radius 2 is 1.66 bits per heavy atom. The third-order valence-corrected chi connectivity index (χ3v) is 5.83. The van der Waals surface area contributed by atoms with Gasteiger partial charge in [-0.05, 0) is 57.4 Å². The minimum absolute atomic E-state index is 0.00118. The predicted molar refractivity (Wildman–Crippen MR) is 110 cm³/mol. The molecule has 2 saturated heterocycles. The molecule has 1 aromatic rings. The lowest BCUT2D eigenvalue weighted by molar-refractivity contribution is -0.138. The first kappa shape index (κ1) is 21.3. The van der Waals surface area contributed by atoms with Crippen molar-refractivity contribution in [3.05, 3.63) is 29.8 Å². The van der Waals surface area contributed by atoms with E-state index < -0.39 is 0 Å². The van der Waals surface area contributed by atoms with Gasteiger partial charge in [-0.25, -0.2) is 0 Å². The Morgan fingerprint density at radius 3 is 2.28 bits per heavy atom. The molecule has 0 aromatic heterocycles.